The Labute approximate surface area is 101 Å². The van der Waals surface area contributed by atoms with Crippen molar-refractivity contribution in [3.05, 3.63) is 36.9 Å². The normalized spacial score (nSPS) is 9.71. The smallest absolute Gasteiger partial charge is 0.411 e. The first-order valence-corrected chi connectivity index (χ1v) is 5.53. The Morgan fingerprint density at radius 3 is 2.82 bits per heavy atom. The van der Waals surface area contributed by atoms with E-state index < -0.39 is 6.09 Å². The van der Waals surface area contributed by atoms with Gasteiger partial charge in [0.1, 0.15) is 12.4 Å². The van der Waals surface area contributed by atoms with E-state index in [1.54, 1.807) is 24.3 Å². The second-order valence-electron chi connectivity index (χ2n) is 3.50. The lowest BCUT2D eigenvalue weighted by atomic mass is 10.2. The van der Waals surface area contributed by atoms with Gasteiger partial charge in [-0.3, -0.25) is 4.90 Å². The van der Waals surface area contributed by atoms with Crippen LogP contribution in [0, 0.1) is 0 Å². The maximum absolute atomic E-state index is 11.2. The number of carboxylic acid groups (broad SMARTS) is 1. The highest BCUT2D eigenvalue weighted by Crippen LogP contribution is 2.28. The minimum atomic E-state index is -0.971. The first-order valence-electron chi connectivity index (χ1n) is 5.53. The topological polar surface area (TPSA) is 49.8 Å². The summed E-state index contributed by atoms with van der Waals surface area (Å²) in [6.45, 7) is 6.31. The van der Waals surface area contributed by atoms with Gasteiger partial charge in [-0.05, 0) is 18.6 Å². The third-order valence-corrected chi connectivity index (χ3v) is 2.19. The van der Waals surface area contributed by atoms with Crippen molar-refractivity contribution in [2.45, 2.75) is 13.3 Å². The third-order valence-electron chi connectivity index (χ3n) is 2.19. The average Bonchev–Trinajstić information content (AvgIpc) is 2.33. The predicted molar refractivity (Wildman–Crippen MR) is 67.8 cm³/mol. The predicted octanol–water partition coefficient (Wildman–Crippen LogP) is 3.15. The molecular weight excluding hydrogens is 218 g/mol. The summed E-state index contributed by atoms with van der Waals surface area (Å²) >= 11 is 0. The zero-order valence-corrected chi connectivity index (χ0v) is 9.93. The van der Waals surface area contributed by atoms with Crippen molar-refractivity contribution in [1.82, 2.24) is 0 Å². The molecule has 0 heterocycles. The fourth-order valence-corrected chi connectivity index (χ4v) is 1.49. The molecule has 0 bridgehead atoms. The number of para-hydroxylation sites is 2. The van der Waals surface area contributed by atoms with Crippen LogP contribution in [0.5, 0.6) is 5.75 Å². The molecule has 0 fully saturated rings. The second kappa shape index (κ2) is 6.58. The van der Waals surface area contributed by atoms with Crippen LogP contribution in [0.4, 0.5) is 10.5 Å². The van der Waals surface area contributed by atoms with Crippen LogP contribution < -0.4 is 9.64 Å². The number of carbonyl (C=O) groups is 1. The summed E-state index contributed by atoms with van der Waals surface area (Å²) in [7, 11) is 0. The molecule has 1 amide bonds. The van der Waals surface area contributed by atoms with Crippen LogP contribution in [0.3, 0.4) is 0 Å². The molecule has 92 valence electrons. The molecule has 17 heavy (non-hydrogen) atoms. The first kappa shape index (κ1) is 13.1. The van der Waals surface area contributed by atoms with E-state index in [0.29, 0.717) is 24.6 Å². The summed E-state index contributed by atoms with van der Waals surface area (Å²) in [6, 6.07) is 7.10. The van der Waals surface area contributed by atoms with Crippen molar-refractivity contribution < 1.29 is 14.6 Å². The molecule has 0 radical (unpaired) electrons. The Kier molecular flexibility index (Phi) is 5.07. The number of amides is 1. The van der Waals surface area contributed by atoms with Crippen molar-refractivity contribution in [3.8, 4) is 5.75 Å². The molecule has 0 aliphatic heterocycles. The Bertz CT molecular complexity index is 390. The van der Waals surface area contributed by atoms with Gasteiger partial charge in [0.05, 0.1) is 5.69 Å². The molecule has 0 saturated carbocycles. The van der Waals surface area contributed by atoms with Crippen LogP contribution in [0.25, 0.3) is 0 Å². The first-order chi connectivity index (χ1) is 8.20. The number of nitrogens with zero attached hydrogens (tertiary/aromatic N) is 1. The fourth-order valence-electron chi connectivity index (χ4n) is 1.49. The van der Waals surface area contributed by atoms with Gasteiger partial charge in [0.2, 0.25) is 0 Å². The van der Waals surface area contributed by atoms with Gasteiger partial charge in [-0.2, -0.15) is 0 Å². The van der Waals surface area contributed by atoms with E-state index in [-0.39, 0.29) is 0 Å². The standard InChI is InChI=1S/C13H17NO3/c1-3-9-14(13(15)16)11-7-5-6-8-12(11)17-10-4-2/h4-8H,2-3,9-10H2,1H3,(H,15,16). The molecule has 4 nitrogen and oxygen atoms in total. The number of hydrogen-bond acceptors (Lipinski definition) is 2. The molecular formula is C13H17NO3. The van der Waals surface area contributed by atoms with Gasteiger partial charge in [0, 0.05) is 6.54 Å². The molecule has 0 aliphatic carbocycles. The molecule has 1 N–H and O–H groups in total. The summed E-state index contributed by atoms with van der Waals surface area (Å²) < 4.78 is 5.44. The highest BCUT2D eigenvalue weighted by molar-refractivity contribution is 5.88. The fraction of sp³-hybridized carbons (Fsp3) is 0.308. The molecule has 0 aliphatic rings. The van der Waals surface area contributed by atoms with Gasteiger partial charge < -0.3 is 9.84 Å². The number of rotatable bonds is 6. The minimum Gasteiger partial charge on any atom is -0.487 e. The Balaban J connectivity index is 2.99. The van der Waals surface area contributed by atoms with Gasteiger partial charge in [-0.25, -0.2) is 4.79 Å². The van der Waals surface area contributed by atoms with Crippen molar-refractivity contribution in [2.75, 3.05) is 18.1 Å². The molecule has 0 aromatic heterocycles. The van der Waals surface area contributed by atoms with Crippen LogP contribution in [0.2, 0.25) is 0 Å². The van der Waals surface area contributed by atoms with Crippen LogP contribution in [-0.4, -0.2) is 24.4 Å². The molecule has 0 unspecified atom stereocenters. The molecule has 0 spiro atoms. The Morgan fingerprint density at radius 1 is 1.53 bits per heavy atom. The van der Waals surface area contributed by atoms with E-state index in [1.165, 1.54) is 4.90 Å². The van der Waals surface area contributed by atoms with E-state index >= 15 is 0 Å². The van der Waals surface area contributed by atoms with Crippen LogP contribution >= 0.6 is 0 Å². The summed E-state index contributed by atoms with van der Waals surface area (Å²) in [5, 5.41) is 9.16. The van der Waals surface area contributed by atoms with E-state index in [9.17, 15) is 4.79 Å². The van der Waals surface area contributed by atoms with Gasteiger partial charge in [0.25, 0.3) is 0 Å². The number of anilines is 1. The minimum absolute atomic E-state index is 0.358. The van der Waals surface area contributed by atoms with Crippen LogP contribution in [-0.2, 0) is 0 Å². The molecule has 4 heteroatoms. The molecule has 0 saturated heterocycles. The summed E-state index contributed by atoms with van der Waals surface area (Å²) in [6.07, 6.45) is 1.41. The van der Waals surface area contributed by atoms with Crippen molar-refractivity contribution in [1.29, 1.82) is 0 Å². The van der Waals surface area contributed by atoms with Gasteiger partial charge in [-0.15, -0.1) is 0 Å². The van der Waals surface area contributed by atoms with Crippen LogP contribution in [0.1, 0.15) is 13.3 Å². The van der Waals surface area contributed by atoms with Gasteiger partial charge in [-0.1, -0.05) is 31.7 Å². The quantitative estimate of drug-likeness (QED) is 0.770. The number of benzene rings is 1. The lowest BCUT2D eigenvalue weighted by Crippen LogP contribution is -2.30. The van der Waals surface area contributed by atoms with Crippen molar-refractivity contribution >= 4 is 11.8 Å². The van der Waals surface area contributed by atoms with Crippen LogP contribution in [0.15, 0.2) is 36.9 Å². The zero-order chi connectivity index (χ0) is 12.7. The van der Waals surface area contributed by atoms with Gasteiger partial charge >= 0.3 is 6.09 Å². The second-order valence-corrected chi connectivity index (χ2v) is 3.50. The number of ether oxygens (including phenoxy) is 1. The lowest BCUT2D eigenvalue weighted by molar-refractivity contribution is 0.201. The summed E-state index contributed by atoms with van der Waals surface area (Å²) in [5.41, 5.74) is 0.573. The highest BCUT2D eigenvalue weighted by Gasteiger charge is 2.17. The van der Waals surface area contributed by atoms with Gasteiger partial charge in [0.15, 0.2) is 0 Å². The maximum atomic E-state index is 11.2. The van der Waals surface area contributed by atoms with Crippen molar-refractivity contribution in [3.63, 3.8) is 0 Å². The SMILES string of the molecule is C=CCOc1ccccc1N(CCC)C(=O)O. The zero-order valence-electron chi connectivity index (χ0n) is 9.93. The number of hydrogen-bond donors (Lipinski definition) is 1. The highest BCUT2D eigenvalue weighted by atomic mass is 16.5. The molecule has 1 aromatic carbocycles. The van der Waals surface area contributed by atoms with E-state index in [1.807, 2.05) is 13.0 Å². The molecule has 0 atom stereocenters. The Hall–Kier alpha value is -1.97. The van der Waals surface area contributed by atoms with E-state index in [0.717, 1.165) is 6.42 Å². The lowest BCUT2D eigenvalue weighted by Gasteiger charge is -2.21. The van der Waals surface area contributed by atoms with Crippen molar-refractivity contribution in [2.24, 2.45) is 0 Å². The largest absolute Gasteiger partial charge is 0.487 e. The Morgan fingerprint density at radius 2 is 2.24 bits per heavy atom. The summed E-state index contributed by atoms with van der Waals surface area (Å²) in [5.74, 6) is 0.559. The summed E-state index contributed by atoms with van der Waals surface area (Å²) in [4.78, 5) is 12.5. The third kappa shape index (κ3) is 3.52. The monoisotopic (exact) mass is 235 g/mol. The van der Waals surface area contributed by atoms with E-state index in [2.05, 4.69) is 6.58 Å². The molecule has 1 aromatic rings. The maximum Gasteiger partial charge on any atom is 0.411 e. The molecule has 1 rings (SSSR count). The van der Waals surface area contributed by atoms with E-state index in [4.69, 9.17) is 9.84 Å². The average molecular weight is 235 g/mol.